The lowest BCUT2D eigenvalue weighted by molar-refractivity contribution is 0.439. The van der Waals surface area contributed by atoms with E-state index in [1.165, 1.54) is 0 Å². The molecule has 0 amide bonds. The van der Waals surface area contributed by atoms with Gasteiger partial charge in [0.15, 0.2) is 9.84 Å². The molecule has 1 unspecified atom stereocenters. The van der Waals surface area contributed by atoms with Crippen molar-refractivity contribution in [2.45, 2.75) is 25.0 Å². The minimum atomic E-state index is -3.18. The van der Waals surface area contributed by atoms with Gasteiger partial charge < -0.3 is 9.73 Å². The Morgan fingerprint density at radius 1 is 1.44 bits per heavy atom. The summed E-state index contributed by atoms with van der Waals surface area (Å²) in [5.74, 6) is 0.655. The maximum atomic E-state index is 11.3. The number of aryl methyl sites for hydroxylation is 1. The van der Waals surface area contributed by atoms with Crippen LogP contribution in [0.4, 0.5) is 0 Å². The molecule has 0 aliphatic heterocycles. The molecule has 7 heteroatoms. The second kappa shape index (κ2) is 5.40. The van der Waals surface area contributed by atoms with E-state index >= 15 is 0 Å². The molecule has 0 saturated carbocycles. The molecule has 16 heavy (non-hydrogen) atoms. The highest BCUT2D eigenvalue weighted by atomic mass is 32.2. The Morgan fingerprint density at radius 3 is 2.69 bits per heavy atom. The number of hydrogen-bond acceptors (Lipinski definition) is 6. The van der Waals surface area contributed by atoms with Crippen LogP contribution >= 0.6 is 0 Å². The SMILES string of the molecule is CNCCCc1nnc(C(C)S(C)(=O)=O)o1. The van der Waals surface area contributed by atoms with Gasteiger partial charge in [-0.3, -0.25) is 0 Å². The van der Waals surface area contributed by atoms with Crippen LogP contribution in [0, 0.1) is 0 Å². The highest BCUT2D eigenvalue weighted by Gasteiger charge is 2.23. The lowest BCUT2D eigenvalue weighted by Crippen LogP contribution is -2.08. The fourth-order valence-electron chi connectivity index (χ4n) is 1.13. The molecule has 6 nitrogen and oxygen atoms in total. The number of nitrogens with zero attached hydrogens (tertiary/aromatic N) is 2. The van der Waals surface area contributed by atoms with Crippen molar-refractivity contribution in [1.82, 2.24) is 15.5 Å². The highest BCUT2D eigenvalue weighted by molar-refractivity contribution is 7.90. The van der Waals surface area contributed by atoms with Crippen LogP contribution in [0.15, 0.2) is 4.42 Å². The van der Waals surface area contributed by atoms with E-state index in [1.54, 1.807) is 6.92 Å². The monoisotopic (exact) mass is 247 g/mol. The summed E-state index contributed by atoms with van der Waals surface area (Å²) in [6, 6.07) is 0. The van der Waals surface area contributed by atoms with Gasteiger partial charge in [0.05, 0.1) is 0 Å². The molecule has 1 rings (SSSR count). The Labute approximate surface area is 95.4 Å². The summed E-state index contributed by atoms with van der Waals surface area (Å²) in [4.78, 5) is 0. The first-order chi connectivity index (χ1) is 7.45. The van der Waals surface area contributed by atoms with Gasteiger partial charge in [0.1, 0.15) is 5.25 Å². The first-order valence-electron chi connectivity index (χ1n) is 5.11. The number of sulfone groups is 1. The van der Waals surface area contributed by atoms with E-state index in [0.29, 0.717) is 12.3 Å². The molecule has 1 heterocycles. The van der Waals surface area contributed by atoms with Crippen molar-refractivity contribution in [2.24, 2.45) is 0 Å². The van der Waals surface area contributed by atoms with Gasteiger partial charge in [0.2, 0.25) is 11.8 Å². The van der Waals surface area contributed by atoms with Crippen molar-refractivity contribution in [2.75, 3.05) is 19.8 Å². The smallest absolute Gasteiger partial charge is 0.234 e. The van der Waals surface area contributed by atoms with Crippen molar-refractivity contribution < 1.29 is 12.8 Å². The maximum absolute atomic E-state index is 11.3. The van der Waals surface area contributed by atoms with E-state index in [0.717, 1.165) is 19.2 Å². The number of hydrogen-bond donors (Lipinski definition) is 1. The van der Waals surface area contributed by atoms with E-state index in [1.807, 2.05) is 7.05 Å². The largest absolute Gasteiger partial charge is 0.424 e. The Hall–Kier alpha value is -0.950. The van der Waals surface area contributed by atoms with E-state index in [9.17, 15) is 8.42 Å². The molecule has 0 radical (unpaired) electrons. The van der Waals surface area contributed by atoms with Crippen molar-refractivity contribution >= 4 is 9.84 Å². The first-order valence-corrected chi connectivity index (χ1v) is 7.06. The molecule has 0 saturated heterocycles. The van der Waals surface area contributed by atoms with Crippen molar-refractivity contribution in [3.63, 3.8) is 0 Å². The van der Waals surface area contributed by atoms with Gasteiger partial charge in [-0.05, 0) is 26.9 Å². The second-order valence-corrected chi connectivity index (χ2v) is 6.08. The van der Waals surface area contributed by atoms with Crippen molar-refractivity contribution in [1.29, 1.82) is 0 Å². The standard InChI is InChI=1S/C9H17N3O3S/c1-7(16(3,13)14)9-12-11-8(15-9)5-4-6-10-2/h7,10H,4-6H2,1-3H3. The summed E-state index contributed by atoms with van der Waals surface area (Å²) in [5.41, 5.74) is 0. The van der Waals surface area contributed by atoms with Crippen LogP contribution in [0.1, 0.15) is 30.4 Å². The maximum Gasteiger partial charge on any atom is 0.234 e. The third kappa shape index (κ3) is 3.57. The second-order valence-electron chi connectivity index (χ2n) is 3.71. The normalized spacial score (nSPS) is 13.9. The third-order valence-corrected chi connectivity index (χ3v) is 3.78. The lowest BCUT2D eigenvalue weighted by Gasteiger charge is -2.02. The summed E-state index contributed by atoms with van der Waals surface area (Å²) in [6.45, 7) is 2.40. The first kappa shape index (κ1) is 13.1. The Bertz CT molecular complexity index is 427. The van der Waals surface area contributed by atoms with E-state index in [-0.39, 0.29) is 5.89 Å². The summed E-state index contributed by atoms with van der Waals surface area (Å²) in [6.07, 6.45) is 2.69. The van der Waals surface area contributed by atoms with Crippen LogP contribution in [-0.4, -0.2) is 38.5 Å². The number of aromatic nitrogens is 2. The number of rotatable bonds is 6. The summed E-state index contributed by atoms with van der Waals surface area (Å²) in [5, 5.41) is 9.83. The van der Waals surface area contributed by atoms with Gasteiger partial charge in [-0.2, -0.15) is 0 Å². The van der Waals surface area contributed by atoms with Crippen molar-refractivity contribution in [3.05, 3.63) is 11.8 Å². The molecule has 0 aliphatic carbocycles. The van der Waals surface area contributed by atoms with Crippen LogP contribution in [0.25, 0.3) is 0 Å². The van der Waals surface area contributed by atoms with E-state index in [2.05, 4.69) is 15.5 Å². The molecule has 0 aromatic carbocycles. The Balaban J connectivity index is 2.64. The van der Waals surface area contributed by atoms with Gasteiger partial charge in [0.25, 0.3) is 0 Å². The van der Waals surface area contributed by atoms with Crippen molar-refractivity contribution in [3.8, 4) is 0 Å². The summed E-state index contributed by atoms with van der Waals surface area (Å²) < 4.78 is 27.8. The molecule has 1 N–H and O–H groups in total. The fraction of sp³-hybridized carbons (Fsp3) is 0.778. The average Bonchev–Trinajstić information content (AvgIpc) is 2.64. The molecule has 0 bridgehead atoms. The van der Waals surface area contributed by atoms with Crippen LogP contribution < -0.4 is 5.32 Å². The van der Waals surface area contributed by atoms with Crippen LogP contribution in [0.5, 0.6) is 0 Å². The number of nitrogens with one attached hydrogen (secondary N) is 1. The molecule has 0 spiro atoms. The minimum Gasteiger partial charge on any atom is -0.424 e. The van der Waals surface area contributed by atoms with Gasteiger partial charge in [-0.1, -0.05) is 0 Å². The van der Waals surface area contributed by atoms with E-state index in [4.69, 9.17) is 4.42 Å². The summed E-state index contributed by atoms with van der Waals surface area (Å²) in [7, 11) is -1.31. The zero-order valence-electron chi connectivity index (χ0n) is 9.73. The van der Waals surface area contributed by atoms with Crippen LogP contribution in [-0.2, 0) is 16.3 Å². The molecule has 1 aromatic heterocycles. The predicted molar refractivity (Wildman–Crippen MR) is 59.8 cm³/mol. The zero-order valence-corrected chi connectivity index (χ0v) is 10.5. The highest BCUT2D eigenvalue weighted by Crippen LogP contribution is 2.19. The molecule has 92 valence electrons. The minimum absolute atomic E-state index is 0.168. The lowest BCUT2D eigenvalue weighted by atomic mass is 10.3. The molecule has 0 fully saturated rings. The van der Waals surface area contributed by atoms with Gasteiger partial charge in [0, 0.05) is 12.7 Å². The van der Waals surface area contributed by atoms with Crippen LogP contribution in [0.3, 0.4) is 0 Å². The Morgan fingerprint density at radius 2 is 2.12 bits per heavy atom. The molecule has 0 aliphatic rings. The molecular formula is C9H17N3O3S. The average molecular weight is 247 g/mol. The topological polar surface area (TPSA) is 85.1 Å². The summed E-state index contributed by atoms with van der Waals surface area (Å²) >= 11 is 0. The molecular weight excluding hydrogens is 230 g/mol. The predicted octanol–water partition coefficient (Wildman–Crippen LogP) is 0.327. The van der Waals surface area contributed by atoms with E-state index < -0.39 is 15.1 Å². The van der Waals surface area contributed by atoms with Gasteiger partial charge >= 0.3 is 0 Å². The van der Waals surface area contributed by atoms with Crippen LogP contribution in [0.2, 0.25) is 0 Å². The fourth-order valence-corrected chi connectivity index (χ4v) is 1.59. The Kier molecular flexibility index (Phi) is 4.43. The zero-order chi connectivity index (χ0) is 12.2. The van der Waals surface area contributed by atoms with Gasteiger partial charge in [-0.25, -0.2) is 8.42 Å². The quantitative estimate of drug-likeness (QED) is 0.729. The molecule has 1 atom stereocenters. The molecule has 1 aromatic rings. The third-order valence-electron chi connectivity index (χ3n) is 2.29. The van der Waals surface area contributed by atoms with Gasteiger partial charge in [-0.15, -0.1) is 10.2 Å².